The lowest BCUT2D eigenvalue weighted by Crippen LogP contribution is -2.46. The zero-order valence-corrected chi connectivity index (χ0v) is 24.7. The molecule has 0 aromatic rings. The van der Waals surface area contributed by atoms with Gasteiger partial charge in [0.15, 0.2) is 0 Å². The molecule has 6 N–H and O–H groups in total. The number of carbonyl (C=O) groups is 4. The van der Waals surface area contributed by atoms with Crippen LogP contribution in [0.2, 0.25) is 0 Å². The fourth-order valence-electron chi connectivity index (χ4n) is 3.07. The van der Waals surface area contributed by atoms with Crippen LogP contribution in [0.5, 0.6) is 0 Å². The minimum Gasteiger partial charge on any atom is -0.444 e. The van der Waals surface area contributed by atoms with Crippen LogP contribution in [-0.4, -0.2) is 72.7 Å². The summed E-state index contributed by atoms with van der Waals surface area (Å²) in [6.07, 6.45) is 0.668. The highest BCUT2D eigenvalue weighted by Gasteiger charge is 2.21. The van der Waals surface area contributed by atoms with Crippen LogP contribution < -0.4 is 27.0 Å². The number of nitrogens with two attached hydrogens (primary N) is 1. The van der Waals surface area contributed by atoms with Crippen molar-refractivity contribution in [3.8, 4) is 0 Å². The summed E-state index contributed by atoms with van der Waals surface area (Å²) in [5, 5.41) is 10.9. The van der Waals surface area contributed by atoms with Crippen molar-refractivity contribution < 1.29 is 33.4 Å². The molecule has 0 bridgehead atoms. The molecule has 222 valence electrons. The predicted molar refractivity (Wildman–Crippen MR) is 146 cm³/mol. The Morgan fingerprint density at radius 2 is 1.08 bits per heavy atom. The maximum absolute atomic E-state index is 12.4. The van der Waals surface area contributed by atoms with Crippen molar-refractivity contribution in [1.82, 2.24) is 21.3 Å². The Morgan fingerprint density at radius 3 is 1.53 bits per heavy atom. The van der Waals surface area contributed by atoms with E-state index in [4.69, 9.17) is 19.9 Å². The number of ether oxygens (including phenoxy) is 3. The molecule has 0 aliphatic heterocycles. The van der Waals surface area contributed by atoms with Gasteiger partial charge in [-0.1, -0.05) is 0 Å². The van der Waals surface area contributed by atoms with Crippen molar-refractivity contribution in [2.75, 3.05) is 19.6 Å². The van der Waals surface area contributed by atoms with E-state index in [1.165, 1.54) is 0 Å². The normalized spacial score (nSPS) is 13.5. The van der Waals surface area contributed by atoms with Crippen LogP contribution in [0.25, 0.3) is 0 Å². The quantitative estimate of drug-likeness (QED) is 0.173. The van der Waals surface area contributed by atoms with E-state index in [2.05, 4.69) is 21.3 Å². The third-order valence-corrected chi connectivity index (χ3v) is 4.53. The molecule has 12 nitrogen and oxygen atoms in total. The Labute approximate surface area is 227 Å². The molecular weight excluding hydrogens is 494 g/mol. The second-order valence-corrected chi connectivity index (χ2v) is 12.3. The fraction of sp³-hybridized carbons (Fsp3) is 0.846. The number of nitrogens with one attached hydrogen (secondary N) is 4. The molecular formula is C26H51N5O7. The van der Waals surface area contributed by atoms with Crippen LogP contribution >= 0.6 is 0 Å². The lowest BCUT2D eigenvalue weighted by atomic mass is 10.1. The summed E-state index contributed by atoms with van der Waals surface area (Å²) < 4.78 is 15.7. The molecule has 0 aliphatic rings. The predicted octanol–water partition coefficient (Wildman–Crippen LogP) is 3.32. The largest absolute Gasteiger partial charge is 0.444 e. The minimum atomic E-state index is -0.665. The van der Waals surface area contributed by atoms with Gasteiger partial charge in [0, 0.05) is 38.1 Å². The molecule has 0 spiro atoms. The van der Waals surface area contributed by atoms with Gasteiger partial charge in [-0.2, -0.15) is 0 Å². The first-order valence-corrected chi connectivity index (χ1v) is 13.2. The average Bonchev–Trinajstić information content (AvgIpc) is 2.68. The van der Waals surface area contributed by atoms with Crippen molar-refractivity contribution in [2.24, 2.45) is 5.73 Å². The van der Waals surface area contributed by atoms with Crippen LogP contribution in [0.4, 0.5) is 14.4 Å². The van der Waals surface area contributed by atoms with E-state index in [9.17, 15) is 19.2 Å². The Hall–Kier alpha value is -2.76. The van der Waals surface area contributed by atoms with Crippen molar-refractivity contribution in [3.63, 3.8) is 0 Å². The van der Waals surface area contributed by atoms with E-state index in [1.807, 2.05) is 0 Å². The van der Waals surface area contributed by atoms with E-state index in [0.29, 0.717) is 38.8 Å². The van der Waals surface area contributed by atoms with Gasteiger partial charge in [-0.05, 0) is 88.0 Å². The van der Waals surface area contributed by atoms with Gasteiger partial charge in [-0.3, -0.25) is 4.79 Å². The summed E-state index contributed by atoms with van der Waals surface area (Å²) in [5.74, 6) is -0.250. The van der Waals surface area contributed by atoms with E-state index in [1.54, 1.807) is 62.3 Å². The average molecular weight is 546 g/mol. The molecule has 0 saturated carbocycles. The first-order chi connectivity index (χ1) is 17.3. The van der Waals surface area contributed by atoms with E-state index >= 15 is 0 Å². The molecule has 0 saturated heterocycles. The first-order valence-electron chi connectivity index (χ1n) is 13.2. The van der Waals surface area contributed by atoms with Gasteiger partial charge in [0.1, 0.15) is 16.8 Å². The van der Waals surface area contributed by atoms with E-state index in [0.717, 1.165) is 0 Å². The second kappa shape index (κ2) is 16.3. The summed E-state index contributed by atoms with van der Waals surface area (Å²) in [6.45, 7) is 16.9. The molecule has 0 fully saturated rings. The third-order valence-electron chi connectivity index (χ3n) is 4.53. The summed E-state index contributed by atoms with van der Waals surface area (Å²) >= 11 is 0. The maximum Gasteiger partial charge on any atom is 0.407 e. The second-order valence-electron chi connectivity index (χ2n) is 12.3. The molecule has 12 heteroatoms. The van der Waals surface area contributed by atoms with Gasteiger partial charge in [0.05, 0.1) is 0 Å². The van der Waals surface area contributed by atoms with Crippen molar-refractivity contribution >= 4 is 24.2 Å². The number of alkyl carbamates (subject to hydrolysis) is 3. The Morgan fingerprint density at radius 1 is 0.658 bits per heavy atom. The number of hydrogen-bond donors (Lipinski definition) is 5. The molecule has 38 heavy (non-hydrogen) atoms. The van der Waals surface area contributed by atoms with E-state index < -0.39 is 41.1 Å². The zero-order chi connectivity index (χ0) is 29.6. The lowest BCUT2D eigenvalue weighted by Gasteiger charge is -2.24. The molecule has 0 aromatic carbocycles. The Kier molecular flexibility index (Phi) is 15.1. The molecule has 0 radical (unpaired) electrons. The Bertz CT molecular complexity index is 755. The molecule has 0 heterocycles. The lowest BCUT2D eigenvalue weighted by molar-refractivity contribution is -0.121. The van der Waals surface area contributed by atoms with Gasteiger partial charge < -0.3 is 41.2 Å². The van der Waals surface area contributed by atoms with Crippen molar-refractivity contribution in [3.05, 3.63) is 0 Å². The van der Waals surface area contributed by atoms with Gasteiger partial charge in [-0.15, -0.1) is 0 Å². The third kappa shape index (κ3) is 22.4. The number of carbonyl (C=O) groups excluding carboxylic acids is 4. The SMILES string of the molecule is CC(C)(C)OC(=O)NCCC[C@H](N)CC(=O)NC[C@H](CCCNC(=O)OC(C)(C)C)NC(=O)OC(C)(C)C. The molecule has 0 unspecified atom stereocenters. The number of hydrogen-bond acceptors (Lipinski definition) is 8. The van der Waals surface area contributed by atoms with E-state index in [-0.39, 0.29) is 24.9 Å². The summed E-state index contributed by atoms with van der Waals surface area (Å²) in [5.41, 5.74) is 4.25. The van der Waals surface area contributed by atoms with Crippen LogP contribution in [0.3, 0.4) is 0 Å². The van der Waals surface area contributed by atoms with Gasteiger partial charge >= 0.3 is 18.3 Å². The van der Waals surface area contributed by atoms with Gasteiger partial charge in [-0.25, -0.2) is 14.4 Å². The van der Waals surface area contributed by atoms with Crippen LogP contribution in [-0.2, 0) is 19.0 Å². The molecule has 2 atom stereocenters. The monoisotopic (exact) mass is 545 g/mol. The van der Waals surface area contributed by atoms with Crippen LogP contribution in [0, 0.1) is 0 Å². The topological polar surface area (TPSA) is 170 Å². The molecule has 4 amide bonds. The summed E-state index contributed by atoms with van der Waals surface area (Å²) in [7, 11) is 0. The number of amides is 4. The minimum absolute atomic E-state index is 0.103. The molecule has 0 rings (SSSR count). The number of rotatable bonds is 13. The first kappa shape index (κ1) is 35.2. The maximum atomic E-state index is 12.4. The van der Waals surface area contributed by atoms with Gasteiger partial charge in [0.25, 0.3) is 0 Å². The van der Waals surface area contributed by atoms with Crippen molar-refractivity contribution in [2.45, 2.75) is 123 Å². The van der Waals surface area contributed by atoms with Crippen molar-refractivity contribution in [1.29, 1.82) is 0 Å². The summed E-state index contributed by atoms with van der Waals surface area (Å²) in [6, 6.07) is -0.797. The zero-order valence-electron chi connectivity index (χ0n) is 24.7. The van der Waals surface area contributed by atoms with Crippen LogP contribution in [0.15, 0.2) is 0 Å². The highest BCUT2D eigenvalue weighted by molar-refractivity contribution is 5.76. The van der Waals surface area contributed by atoms with Crippen LogP contribution in [0.1, 0.15) is 94.4 Å². The standard InChI is InChI=1S/C26H51N5O7/c1-24(2,3)36-21(33)28-14-10-12-18(27)16-20(32)30-17-19(31-23(35)38-26(7,8)9)13-11-15-29-22(34)37-25(4,5)6/h18-19H,10-17,27H2,1-9H3,(H,28,33)(H,29,34)(H,30,32)(H,31,35)/t18-,19-/m0/s1. The Balaban J connectivity index is 4.56. The highest BCUT2D eigenvalue weighted by atomic mass is 16.6. The highest BCUT2D eigenvalue weighted by Crippen LogP contribution is 2.09. The summed E-state index contributed by atoms with van der Waals surface area (Å²) in [4.78, 5) is 48.2. The molecule has 0 aliphatic carbocycles. The van der Waals surface area contributed by atoms with Gasteiger partial charge in [0.2, 0.25) is 5.91 Å². The smallest absolute Gasteiger partial charge is 0.407 e. The molecule has 0 aromatic heterocycles. The fourth-order valence-corrected chi connectivity index (χ4v) is 3.07.